The van der Waals surface area contributed by atoms with Crippen molar-refractivity contribution in [3.8, 4) is 0 Å². The highest BCUT2D eigenvalue weighted by Crippen LogP contribution is 2.28. The molecule has 0 radical (unpaired) electrons. The van der Waals surface area contributed by atoms with Crippen molar-refractivity contribution in [1.29, 1.82) is 0 Å². The Kier molecular flexibility index (Phi) is 4.10. The molecule has 4 rings (SSSR count). The van der Waals surface area contributed by atoms with Crippen LogP contribution in [0.5, 0.6) is 0 Å². The summed E-state index contributed by atoms with van der Waals surface area (Å²) in [4.78, 5) is 2.40. The number of halogens is 1. The van der Waals surface area contributed by atoms with Gasteiger partial charge in [0.15, 0.2) is 0 Å². The fourth-order valence-electron chi connectivity index (χ4n) is 3.88. The van der Waals surface area contributed by atoms with Gasteiger partial charge >= 0.3 is 0 Å². The normalized spacial score (nSPS) is 23.5. The van der Waals surface area contributed by atoms with Gasteiger partial charge in [-0.15, -0.1) is 0 Å². The van der Waals surface area contributed by atoms with E-state index in [0.717, 1.165) is 19.5 Å². The molecule has 2 heterocycles. The third-order valence-electron chi connectivity index (χ3n) is 5.10. The summed E-state index contributed by atoms with van der Waals surface area (Å²) in [6.07, 6.45) is 5.79. The van der Waals surface area contributed by atoms with Crippen LogP contribution in [0.25, 0.3) is 11.0 Å². The fraction of sp³-hybridized carbons (Fsp3) is 0.529. The third kappa shape index (κ3) is 3.08. The van der Waals surface area contributed by atoms with Gasteiger partial charge in [0.05, 0.1) is 0 Å². The lowest BCUT2D eigenvalue weighted by atomic mass is 10.2. The molecular formula is C17H21FN2O3S. The molecule has 0 amide bonds. The Morgan fingerprint density at radius 1 is 1.17 bits per heavy atom. The first-order valence-corrected chi connectivity index (χ1v) is 9.95. The van der Waals surface area contributed by atoms with Crippen LogP contribution >= 0.6 is 0 Å². The van der Waals surface area contributed by atoms with E-state index in [4.69, 9.17) is 4.42 Å². The summed E-state index contributed by atoms with van der Waals surface area (Å²) in [5.41, 5.74) is 0.371. The van der Waals surface area contributed by atoms with E-state index >= 15 is 0 Å². The van der Waals surface area contributed by atoms with Crippen LogP contribution in [-0.2, 0) is 10.0 Å². The Hall–Kier alpha value is -1.44. The molecule has 5 nitrogen and oxygen atoms in total. The first kappa shape index (κ1) is 16.1. The van der Waals surface area contributed by atoms with Gasteiger partial charge in [0.2, 0.25) is 5.09 Å². The van der Waals surface area contributed by atoms with Crippen LogP contribution in [0.1, 0.15) is 32.1 Å². The van der Waals surface area contributed by atoms with E-state index in [9.17, 15) is 12.8 Å². The van der Waals surface area contributed by atoms with Crippen LogP contribution < -0.4 is 4.72 Å². The molecule has 1 atom stereocenters. The molecule has 130 valence electrons. The zero-order chi connectivity index (χ0) is 16.7. The Bertz CT molecular complexity index is 843. The zero-order valence-electron chi connectivity index (χ0n) is 13.4. The van der Waals surface area contributed by atoms with Crippen molar-refractivity contribution in [2.45, 2.75) is 49.3 Å². The molecule has 0 bridgehead atoms. The largest absolute Gasteiger partial charge is 0.443 e. The van der Waals surface area contributed by atoms with Gasteiger partial charge in [-0.05, 0) is 37.5 Å². The van der Waals surface area contributed by atoms with Crippen molar-refractivity contribution in [2.24, 2.45) is 0 Å². The van der Waals surface area contributed by atoms with Crippen LogP contribution in [-0.4, -0.2) is 38.5 Å². The second-order valence-corrected chi connectivity index (χ2v) is 8.43. The number of rotatable bonds is 4. The molecule has 2 aliphatic rings. The molecule has 1 aromatic heterocycles. The number of furan rings is 1. The average molecular weight is 352 g/mol. The molecule has 1 N–H and O–H groups in total. The summed E-state index contributed by atoms with van der Waals surface area (Å²) < 4.78 is 46.5. The topological polar surface area (TPSA) is 62.6 Å². The number of hydrogen-bond acceptors (Lipinski definition) is 4. The van der Waals surface area contributed by atoms with Crippen molar-refractivity contribution in [3.63, 3.8) is 0 Å². The van der Waals surface area contributed by atoms with Gasteiger partial charge in [0.1, 0.15) is 11.4 Å². The molecule has 2 aromatic rings. The van der Waals surface area contributed by atoms with E-state index in [1.807, 2.05) is 0 Å². The predicted octanol–water partition coefficient (Wildman–Crippen LogP) is 2.87. The van der Waals surface area contributed by atoms with Gasteiger partial charge in [-0.2, -0.15) is 0 Å². The molecule has 1 aromatic carbocycles. The molecule has 7 heteroatoms. The summed E-state index contributed by atoms with van der Waals surface area (Å²) >= 11 is 0. The lowest BCUT2D eigenvalue weighted by molar-refractivity contribution is 0.242. The van der Waals surface area contributed by atoms with E-state index in [-0.39, 0.29) is 11.1 Å². The Balaban J connectivity index is 1.48. The van der Waals surface area contributed by atoms with Crippen molar-refractivity contribution in [1.82, 2.24) is 9.62 Å². The van der Waals surface area contributed by atoms with Gasteiger partial charge in [0.25, 0.3) is 10.0 Å². The van der Waals surface area contributed by atoms with Gasteiger partial charge in [-0.1, -0.05) is 12.8 Å². The third-order valence-corrected chi connectivity index (χ3v) is 6.48. The van der Waals surface area contributed by atoms with Gasteiger partial charge in [0, 0.05) is 36.6 Å². The quantitative estimate of drug-likeness (QED) is 0.919. The second kappa shape index (κ2) is 6.13. The van der Waals surface area contributed by atoms with Crippen LogP contribution in [0.15, 0.2) is 33.8 Å². The highest BCUT2D eigenvalue weighted by Gasteiger charge is 2.33. The van der Waals surface area contributed by atoms with E-state index < -0.39 is 15.8 Å². The average Bonchev–Trinajstić information content (AvgIpc) is 3.26. The molecule has 1 saturated carbocycles. The van der Waals surface area contributed by atoms with E-state index in [2.05, 4.69) is 9.62 Å². The highest BCUT2D eigenvalue weighted by atomic mass is 32.2. The Morgan fingerprint density at radius 2 is 1.96 bits per heavy atom. The summed E-state index contributed by atoms with van der Waals surface area (Å²) in [5, 5.41) is 0.303. The van der Waals surface area contributed by atoms with E-state index in [1.54, 1.807) is 0 Å². The lowest BCUT2D eigenvalue weighted by Crippen LogP contribution is -2.39. The van der Waals surface area contributed by atoms with E-state index in [0.29, 0.717) is 17.0 Å². The number of sulfonamides is 1. The first-order chi connectivity index (χ1) is 11.5. The van der Waals surface area contributed by atoms with E-state index in [1.165, 1.54) is 49.9 Å². The molecule has 1 aliphatic carbocycles. The minimum atomic E-state index is -3.73. The minimum Gasteiger partial charge on any atom is -0.443 e. The molecular weight excluding hydrogens is 331 g/mol. The highest BCUT2D eigenvalue weighted by molar-refractivity contribution is 7.89. The molecule has 1 saturated heterocycles. The number of benzene rings is 1. The second-order valence-electron chi connectivity index (χ2n) is 6.79. The SMILES string of the molecule is O=S(=O)(NC1CCN(C2CCCC2)C1)c1cc2cc(F)ccc2o1. The van der Waals surface area contributed by atoms with Crippen LogP contribution in [0, 0.1) is 5.82 Å². The predicted molar refractivity (Wildman–Crippen MR) is 88.7 cm³/mol. The molecule has 24 heavy (non-hydrogen) atoms. The maximum absolute atomic E-state index is 13.2. The van der Waals surface area contributed by atoms with Crippen LogP contribution in [0.3, 0.4) is 0 Å². The standard InChI is InChI=1S/C17H21FN2O3S/c18-13-5-6-16-12(9-13)10-17(23-16)24(21,22)19-14-7-8-20(11-14)15-3-1-2-4-15/h5-6,9-10,14-15,19H,1-4,7-8,11H2. The maximum Gasteiger partial charge on any atom is 0.274 e. The Morgan fingerprint density at radius 3 is 2.75 bits per heavy atom. The number of hydrogen-bond donors (Lipinski definition) is 1. The van der Waals surface area contributed by atoms with Gasteiger partial charge in [-0.3, -0.25) is 4.90 Å². The summed E-state index contributed by atoms with van der Waals surface area (Å²) in [5.74, 6) is -0.414. The van der Waals surface area contributed by atoms with Crippen molar-refractivity contribution >= 4 is 21.0 Å². The summed E-state index contributed by atoms with van der Waals surface area (Å²) in [7, 11) is -3.73. The summed E-state index contributed by atoms with van der Waals surface area (Å²) in [6.45, 7) is 1.68. The fourth-order valence-corrected chi connectivity index (χ4v) is 5.11. The maximum atomic E-state index is 13.2. The van der Waals surface area contributed by atoms with Crippen LogP contribution in [0.4, 0.5) is 4.39 Å². The number of nitrogens with one attached hydrogen (secondary N) is 1. The first-order valence-electron chi connectivity index (χ1n) is 8.47. The smallest absolute Gasteiger partial charge is 0.274 e. The minimum absolute atomic E-state index is 0.0967. The number of fused-ring (bicyclic) bond motifs is 1. The molecule has 0 spiro atoms. The molecule has 1 unspecified atom stereocenters. The van der Waals surface area contributed by atoms with Crippen LogP contribution in [0.2, 0.25) is 0 Å². The molecule has 2 fully saturated rings. The summed E-state index contributed by atoms with van der Waals surface area (Å²) in [6, 6.07) is 5.86. The monoisotopic (exact) mass is 352 g/mol. The van der Waals surface area contributed by atoms with Crippen molar-refractivity contribution in [2.75, 3.05) is 13.1 Å². The van der Waals surface area contributed by atoms with Crippen molar-refractivity contribution < 1.29 is 17.2 Å². The Labute approximate surface area is 140 Å². The van der Waals surface area contributed by atoms with Gasteiger partial charge < -0.3 is 4.42 Å². The van der Waals surface area contributed by atoms with Gasteiger partial charge in [-0.25, -0.2) is 17.5 Å². The lowest BCUT2D eigenvalue weighted by Gasteiger charge is -2.23. The zero-order valence-corrected chi connectivity index (χ0v) is 14.2. The van der Waals surface area contributed by atoms with Crippen molar-refractivity contribution in [3.05, 3.63) is 30.1 Å². The molecule has 1 aliphatic heterocycles. The number of likely N-dealkylation sites (tertiary alicyclic amines) is 1. The number of nitrogens with zero attached hydrogens (tertiary/aromatic N) is 1.